The molecule has 1 unspecified atom stereocenters. The third kappa shape index (κ3) is 3.15. The Kier molecular flexibility index (Phi) is 3.66. The van der Waals surface area contributed by atoms with E-state index in [0.29, 0.717) is 10.9 Å². The monoisotopic (exact) mass is 314 g/mol. The molecule has 17 heavy (non-hydrogen) atoms. The van der Waals surface area contributed by atoms with Crippen LogP contribution in [0.25, 0.3) is 0 Å². The molecule has 4 heteroatoms. The second kappa shape index (κ2) is 4.88. The molecule has 1 nitrogen and oxygen atoms in total. The van der Waals surface area contributed by atoms with Crippen LogP contribution in [0.3, 0.4) is 0 Å². The van der Waals surface area contributed by atoms with Crippen molar-refractivity contribution in [2.24, 2.45) is 0 Å². The van der Waals surface area contributed by atoms with E-state index in [1.165, 1.54) is 23.5 Å². The minimum atomic E-state index is -0.957. The first-order chi connectivity index (χ1) is 7.97. The summed E-state index contributed by atoms with van der Waals surface area (Å²) in [5.74, 6) is -0.295. The Bertz CT molecular complexity index is 488. The zero-order valence-electron chi connectivity index (χ0n) is 9.28. The van der Waals surface area contributed by atoms with E-state index in [2.05, 4.69) is 15.9 Å². The molecule has 0 amide bonds. The van der Waals surface area contributed by atoms with Gasteiger partial charge >= 0.3 is 0 Å². The summed E-state index contributed by atoms with van der Waals surface area (Å²) in [6, 6.07) is 8.47. The van der Waals surface area contributed by atoms with Crippen molar-refractivity contribution >= 4 is 27.3 Å². The van der Waals surface area contributed by atoms with E-state index in [1.54, 1.807) is 6.92 Å². The number of benzene rings is 1. The van der Waals surface area contributed by atoms with Gasteiger partial charge in [0.1, 0.15) is 5.82 Å². The van der Waals surface area contributed by atoms with Crippen molar-refractivity contribution in [1.82, 2.24) is 0 Å². The van der Waals surface area contributed by atoms with Crippen molar-refractivity contribution in [2.45, 2.75) is 18.9 Å². The van der Waals surface area contributed by atoms with E-state index in [-0.39, 0.29) is 5.82 Å². The van der Waals surface area contributed by atoms with E-state index >= 15 is 0 Å². The predicted molar refractivity (Wildman–Crippen MR) is 71.7 cm³/mol. The van der Waals surface area contributed by atoms with Crippen LogP contribution in [0.2, 0.25) is 0 Å². The number of hydrogen-bond acceptors (Lipinski definition) is 2. The van der Waals surface area contributed by atoms with E-state index in [1.807, 2.05) is 23.6 Å². The standard InChI is InChI=1S/C13H12BrFOS/c1-13(16,12-3-2-4-17-12)8-9-5-10(14)7-11(15)6-9/h2-7,16H,8H2,1H3. The fourth-order valence-corrected chi connectivity index (χ4v) is 3.08. The quantitative estimate of drug-likeness (QED) is 0.904. The molecule has 0 fully saturated rings. The summed E-state index contributed by atoms with van der Waals surface area (Å²) in [5, 5.41) is 12.3. The molecule has 0 saturated carbocycles. The molecule has 0 aliphatic rings. The van der Waals surface area contributed by atoms with Gasteiger partial charge in [0, 0.05) is 15.8 Å². The van der Waals surface area contributed by atoms with Crippen molar-refractivity contribution in [3.8, 4) is 0 Å². The minimum Gasteiger partial charge on any atom is -0.384 e. The molecule has 0 aliphatic carbocycles. The average molecular weight is 315 g/mol. The van der Waals surface area contributed by atoms with Crippen LogP contribution >= 0.6 is 27.3 Å². The lowest BCUT2D eigenvalue weighted by Gasteiger charge is -2.22. The van der Waals surface area contributed by atoms with E-state index in [9.17, 15) is 9.50 Å². The molecule has 0 bridgehead atoms. The molecule has 0 saturated heterocycles. The van der Waals surface area contributed by atoms with Gasteiger partial charge in [0.2, 0.25) is 0 Å². The first kappa shape index (κ1) is 12.7. The van der Waals surface area contributed by atoms with Crippen LogP contribution in [0, 0.1) is 5.82 Å². The highest BCUT2D eigenvalue weighted by atomic mass is 79.9. The average Bonchev–Trinajstić information content (AvgIpc) is 2.67. The molecule has 0 spiro atoms. The topological polar surface area (TPSA) is 20.2 Å². The third-order valence-corrected chi connectivity index (χ3v) is 4.10. The highest BCUT2D eigenvalue weighted by Gasteiger charge is 2.24. The molecular weight excluding hydrogens is 303 g/mol. The molecule has 2 rings (SSSR count). The molecule has 0 radical (unpaired) electrons. The Labute approximate surface area is 112 Å². The van der Waals surface area contributed by atoms with Crippen molar-refractivity contribution < 1.29 is 9.50 Å². The molecule has 90 valence electrons. The largest absolute Gasteiger partial charge is 0.384 e. The maximum Gasteiger partial charge on any atom is 0.124 e. The van der Waals surface area contributed by atoms with Crippen LogP contribution in [-0.4, -0.2) is 5.11 Å². The summed E-state index contributed by atoms with van der Waals surface area (Å²) in [6.45, 7) is 1.75. The van der Waals surface area contributed by atoms with Gasteiger partial charge in [0.05, 0.1) is 5.60 Å². The molecule has 1 heterocycles. The van der Waals surface area contributed by atoms with Crippen molar-refractivity contribution in [3.63, 3.8) is 0 Å². The lowest BCUT2D eigenvalue weighted by molar-refractivity contribution is 0.0614. The molecular formula is C13H12BrFOS. The number of halogens is 2. The summed E-state index contributed by atoms with van der Waals surface area (Å²) in [6.07, 6.45) is 0.393. The van der Waals surface area contributed by atoms with Gasteiger partial charge in [-0.05, 0) is 42.1 Å². The molecule has 2 aromatic rings. The highest BCUT2D eigenvalue weighted by Crippen LogP contribution is 2.30. The van der Waals surface area contributed by atoms with Gasteiger partial charge in [0.25, 0.3) is 0 Å². The highest BCUT2D eigenvalue weighted by molar-refractivity contribution is 9.10. The molecule has 1 atom stereocenters. The van der Waals surface area contributed by atoms with Crippen LogP contribution in [0.15, 0.2) is 40.2 Å². The van der Waals surface area contributed by atoms with Crippen molar-refractivity contribution in [2.75, 3.05) is 0 Å². The maximum absolute atomic E-state index is 13.2. The van der Waals surface area contributed by atoms with E-state index in [0.717, 1.165) is 10.4 Å². The fourth-order valence-electron chi connectivity index (χ4n) is 1.78. The second-order valence-electron chi connectivity index (χ2n) is 4.21. The van der Waals surface area contributed by atoms with Gasteiger partial charge in [-0.3, -0.25) is 0 Å². The smallest absolute Gasteiger partial charge is 0.124 e. The van der Waals surface area contributed by atoms with E-state index < -0.39 is 5.60 Å². The number of thiophene rings is 1. The lowest BCUT2D eigenvalue weighted by Crippen LogP contribution is -2.22. The van der Waals surface area contributed by atoms with Crippen LogP contribution in [0.5, 0.6) is 0 Å². The van der Waals surface area contributed by atoms with Crippen molar-refractivity contribution in [1.29, 1.82) is 0 Å². The van der Waals surface area contributed by atoms with Gasteiger partial charge in [-0.15, -0.1) is 11.3 Å². The van der Waals surface area contributed by atoms with Gasteiger partial charge < -0.3 is 5.11 Å². The first-order valence-corrected chi connectivity index (χ1v) is 6.86. The van der Waals surface area contributed by atoms with Gasteiger partial charge in [-0.25, -0.2) is 4.39 Å². The number of aliphatic hydroxyl groups is 1. The lowest BCUT2D eigenvalue weighted by atomic mass is 9.95. The Hall–Kier alpha value is -0.710. The summed E-state index contributed by atoms with van der Waals surface area (Å²) >= 11 is 4.75. The summed E-state index contributed by atoms with van der Waals surface area (Å²) in [5.41, 5.74) is -0.184. The SMILES string of the molecule is CC(O)(Cc1cc(F)cc(Br)c1)c1cccs1. The van der Waals surface area contributed by atoms with Crippen LogP contribution in [0.1, 0.15) is 17.4 Å². The second-order valence-corrected chi connectivity index (χ2v) is 6.07. The number of hydrogen-bond donors (Lipinski definition) is 1. The Morgan fingerprint density at radius 2 is 2.18 bits per heavy atom. The predicted octanol–water partition coefficient (Wildman–Crippen LogP) is 4.10. The number of rotatable bonds is 3. The van der Waals surface area contributed by atoms with E-state index in [4.69, 9.17) is 0 Å². The Balaban J connectivity index is 2.26. The van der Waals surface area contributed by atoms with Crippen LogP contribution in [-0.2, 0) is 12.0 Å². The molecule has 1 aromatic heterocycles. The fraction of sp³-hybridized carbons (Fsp3) is 0.231. The molecule has 0 aliphatic heterocycles. The van der Waals surface area contributed by atoms with Gasteiger partial charge in [-0.1, -0.05) is 22.0 Å². The molecule has 1 aromatic carbocycles. The van der Waals surface area contributed by atoms with Gasteiger partial charge in [-0.2, -0.15) is 0 Å². The van der Waals surface area contributed by atoms with Crippen LogP contribution in [0.4, 0.5) is 4.39 Å². The minimum absolute atomic E-state index is 0.295. The summed E-state index contributed by atoms with van der Waals surface area (Å²) in [4.78, 5) is 0.887. The summed E-state index contributed by atoms with van der Waals surface area (Å²) in [7, 11) is 0. The zero-order chi connectivity index (χ0) is 12.5. The normalized spacial score (nSPS) is 14.6. The first-order valence-electron chi connectivity index (χ1n) is 5.19. The van der Waals surface area contributed by atoms with Crippen LogP contribution < -0.4 is 0 Å². The van der Waals surface area contributed by atoms with Gasteiger partial charge in [0.15, 0.2) is 0 Å². The van der Waals surface area contributed by atoms with Crippen molar-refractivity contribution in [3.05, 3.63) is 56.4 Å². The zero-order valence-corrected chi connectivity index (χ0v) is 11.7. The Morgan fingerprint density at radius 1 is 1.41 bits per heavy atom. The Morgan fingerprint density at radius 3 is 2.76 bits per heavy atom. The summed E-state index contributed by atoms with van der Waals surface area (Å²) < 4.78 is 13.9. The third-order valence-electron chi connectivity index (χ3n) is 2.52. The maximum atomic E-state index is 13.2. The molecule has 1 N–H and O–H groups in total.